The molecule has 2 aromatic rings. The van der Waals surface area contributed by atoms with E-state index in [2.05, 4.69) is 16.3 Å². The molecule has 0 aliphatic carbocycles. The van der Waals surface area contributed by atoms with Crippen LogP contribution in [0.15, 0.2) is 48.5 Å². The highest BCUT2D eigenvalue weighted by Crippen LogP contribution is 2.18. The van der Waals surface area contributed by atoms with Crippen molar-refractivity contribution < 1.29 is 13.9 Å². The van der Waals surface area contributed by atoms with Gasteiger partial charge in [-0.15, -0.1) is 0 Å². The number of para-hydroxylation sites is 1. The molecule has 0 saturated carbocycles. The number of halogens is 1. The average Bonchev–Trinajstić information content (AvgIpc) is 2.67. The van der Waals surface area contributed by atoms with Crippen molar-refractivity contribution in [2.24, 2.45) is 0 Å². The maximum atomic E-state index is 13.2. The summed E-state index contributed by atoms with van der Waals surface area (Å²) in [5.41, 5.74) is 1.68. The number of nitrogens with one attached hydrogen (secondary N) is 1. The Morgan fingerprint density at radius 3 is 2.62 bits per heavy atom. The molecule has 1 aliphatic rings. The van der Waals surface area contributed by atoms with Crippen molar-refractivity contribution in [1.82, 2.24) is 9.80 Å². The summed E-state index contributed by atoms with van der Waals surface area (Å²) in [4.78, 5) is 16.4. The van der Waals surface area contributed by atoms with Crippen LogP contribution in [0.3, 0.4) is 0 Å². The van der Waals surface area contributed by atoms with Gasteiger partial charge in [0, 0.05) is 38.4 Å². The zero-order chi connectivity index (χ0) is 18.4. The molecule has 2 aromatic carbocycles. The van der Waals surface area contributed by atoms with E-state index in [-0.39, 0.29) is 11.8 Å². The Kier molecular flexibility index (Phi) is 6.07. The Morgan fingerprint density at radius 2 is 1.88 bits per heavy atom. The zero-order valence-corrected chi connectivity index (χ0v) is 15.0. The van der Waals surface area contributed by atoms with Gasteiger partial charge < -0.3 is 15.0 Å². The molecular formula is C20H24FN3O2. The van der Waals surface area contributed by atoms with Crippen LogP contribution in [0.25, 0.3) is 0 Å². The van der Waals surface area contributed by atoms with E-state index in [0.717, 1.165) is 31.8 Å². The number of urea groups is 1. The number of hydrogen-bond donors (Lipinski definition) is 1. The molecule has 0 bridgehead atoms. The number of ether oxygens (including phenoxy) is 1. The Morgan fingerprint density at radius 1 is 1.12 bits per heavy atom. The maximum absolute atomic E-state index is 13.2. The van der Waals surface area contributed by atoms with Gasteiger partial charge in [-0.05, 0) is 36.2 Å². The highest BCUT2D eigenvalue weighted by molar-refractivity contribution is 5.89. The molecule has 5 nitrogen and oxygen atoms in total. The molecule has 1 fully saturated rings. The van der Waals surface area contributed by atoms with Gasteiger partial charge in [0.2, 0.25) is 0 Å². The van der Waals surface area contributed by atoms with Gasteiger partial charge in [0.05, 0.1) is 7.11 Å². The molecule has 1 N–H and O–H groups in total. The number of carbonyl (C=O) groups excluding carboxylic acids is 1. The zero-order valence-electron chi connectivity index (χ0n) is 15.0. The first-order chi connectivity index (χ1) is 12.7. The maximum Gasteiger partial charge on any atom is 0.321 e. The number of amides is 2. The molecule has 0 spiro atoms. The van der Waals surface area contributed by atoms with Gasteiger partial charge in [-0.3, -0.25) is 4.90 Å². The number of carbonyl (C=O) groups is 1. The molecular weight excluding hydrogens is 333 g/mol. The first kappa shape index (κ1) is 18.2. The molecule has 1 aliphatic heterocycles. The summed E-state index contributed by atoms with van der Waals surface area (Å²) in [5.74, 6) is 0.560. The molecule has 0 aromatic heterocycles. The smallest absolute Gasteiger partial charge is 0.321 e. The lowest BCUT2D eigenvalue weighted by Crippen LogP contribution is -2.50. The van der Waals surface area contributed by atoms with Crippen LogP contribution in [0.4, 0.5) is 14.9 Å². The van der Waals surface area contributed by atoms with Crippen molar-refractivity contribution in [2.75, 3.05) is 45.2 Å². The Labute approximate surface area is 153 Å². The van der Waals surface area contributed by atoms with E-state index in [9.17, 15) is 9.18 Å². The molecule has 138 valence electrons. The molecule has 0 atom stereocenters. The molecule has 1 heterocycles. The minimum absolute atomic E-state index is 0.181. The molecule has 3 rings (SSSR count). The van der Waals surface area contributed by atoms with E-state index in [1.807, 2.05) is 18.2 Å². The highest BCUT2D eigenvalue weighted by Gasteiger charge is 2.21. The molecule has 0 radical (unpaired) electrons. The number of benzene rings is 2. The van der Waals surface area contributed by atoms with Crippen LogP contribution in [0.1, 0.15) is 5.56 Å². The Bertz CT molecular complexity index is 745. The van der Waals surface area contributed by atoms with Crippen LogP contribution in [0.2, 0.25) is 0 Å². The minimum atomic E-state index is -0.357. The molecule has 26 heavy (non-hydrogen) atoms. The van der Waals surface area contributed by atoms with Crippen LogP contribution in [-0.4, -0.2) is 55.7 Å². The van der Waals surface area contributed by atoms with Crippen LogP contribution >= 0.6 is 0 Å². The van der Waals surface area contributed by atoms with Crippen LogP contribution < -0.4 is 10.1 Å². The van der Waals surface area contributed by atoms with E-state index in [1.165, 1.54) is 17.7 Å². The largest absolute Gasteiger partial charge is 0.496 e. The molecule has 1 saturated heterocycles. The number of hydrogen-bond acceptors (Lipinski definition) is 3. The summed E-state index contributed by atoms with van der Waals surface area (Å²) in [6, 6.07) is 13.8. The standard InChI is InChI=1S/C20H24FN3O2/c1-26-19-8-3-2-5-16(19)9-10-23-11-13-24(14-12-23)20(25)22-18-7-4-6-17(21)15-18/h2-8,15H,9-14H2,1H3,(H,22,25). The summed E-state index contributed by atoms with van der Waals surface area (Å²) in [7, 11) is 1.69. The number of methoxy groups -OCH3 is 1. The van der Waals surface area contributed by atoms with Crippen molar-refractivity contribution in [2.45, 2.75) is 6.42 Å². The molecule has 6 heteroatoms. The van der Waals surface area contributed by atoms with Crippen molar-refractivity contribution in [3.05, 3.63) is 59.9 Å². The van der Waals surface area contributed by atoms with Crippen molar-refractivity contribution >= 4 is 11.7 Å². The molecule has 2 amide bonds. The summed E-state index contributed by atoms with van der Waals surface area (Å²) < 4.78 is 18.6. The monoisotopic (exact) mass is 357 g/mol. The number of nitrogens with zero attached hydrogens (tertiary/aromatic N) is 2. The topological polar surface area (TPSA) is 44.8 Å². The van der Waals surface area contributed by atoms with Crippen LogP contribution in [0, 0.1) is 5.82 Å². The predicted octanol–water partition coefficient (Wildman–Crippen LogP) is 3.23. The lowest BCUT2D eigenvalue weighted by molar-refractivity contribution is 0.148. The van der Waals surface area contributed by atoms with Crippen LogP contribution in [0.5, 0.6) is 5.75 Å². The highest BCUT2D eigenvalue weighted by atomic mass is 19.1. The third-order valence-electron chi connectivity index (χ3n) is 4.63. The van der Waals surface area contributed by atoms with Gasteiger partial charge >= 0.3 is 6.03 Å². The van der Waals surface area contributed by atoms with Crippen molar-refractivity contribution in [3.63, 3.8) is 0 Å². The predicted molar refractivity (Wildman–Crippen MR) is 100 cm³/mol. The minimum Gasteiger partial charge on any atom is -0.496 e. The summed E-state index contributed by atoms with van der Waals surface area (Å²) in [6.07, 6.45) is 0.916. The van der Waals surface area contributed by atoms with E-state index in [4.69, 9.17) is 4.74 Å². The first-order valence-electron chi connectivity index (χ1n) is 8.81. The van der Waals surface area contributed by atoms with Gasteiger partial charge in [0.1, 0.15) is 11.6 Å². The van der Waals surface area contributed by atoms with E-state index in [0.29, 0.717) is 18.8 Å². The van der Waals surface area contributed by atoms with Crippen molar-refractivity contribution in [1.29, 1.82) is 0 Å². The fourth-order valence-electron chi connectivity index (χ4n) is 3.13. The normalized spacial score (nSPS) is 14.9. The van der Waals surface area contributed by atoms with Gasteiger partial charge in [0.15, 0.2) is 0 Å². The summed E-state index contributed by atoms with van der Waals surface area (Å²) in [6.45, 7) is 3.90. The summed E-state index contributed by atoms with van der Waals surface area (Å²) >= 11 is 0. The second-order valence-electron chi connectivity index (χ2n) is 6.33. The van der Waals surface area contributed by atoms with Gasteiger partial charge in [-0.2, -0.15) is 0 Å². The first-order valence-corrected chi connectivity index (χ1v) is 8.81. The van der Waals surface area contributed by atoms with Crippen LogP contribution in [-0.2, 0) is 6.42 Å². The second kappa shape index (κ2) is 8.67. The SMILES string of the molecule is COc1ccccc1CCN1CCN(C(=O)Nc2cccc(F)c2)CC1. The third-order valence-corrected chi connectivity index (χ3v) is 4.63. The summed E-state index contributed by atoms with van der Waals surface area (Å²) in [5, 5.41) is 2.75. The third kappa shape index (κ3) is 4.73. The average molecular weight is 357 g/mol. The fourth-order valence-corrected chi connectivity index (χ4v) is 3.13. The van der Waals surface area contributed by atoms with Gasteiger partial charge in [0.25, 0.3) is 0 Å². The lowest BCUT2D eigenvalue weighted by Gasteiger charge is -2.34. The van der Waals surface area contributed by atoms with E-state index >= 15 is 0 Å². The van der Waals surface area contributed by atoms with E-state index in [1.54, 1.807) is 24.1 Å². The van der Waals surface area contributed by atoms with E-state index < -0.39 is 0 Å². The number of anilines is 1. The Hall–Kier alpha value is -2.60. The quantitative estimate of drug-likeness (QED) is 0.894. The Balaban J connectivity index is 1.46. The van der Waals surface area contributed by atoms with Crippen molar-refractivity contribution in [3.8, 4) is 5.75 Å². The molecule has 0 unspecified atom stereocenters. The second-order valence-corrected chi connectivity index (χ2v) is 6.33. The lowest BCUT2D eigenvalue weighted by atomic mass is 10.1. The van der Waals surface area contributed by atoms with Gasteiger partial charge in [-0.25, -0.2) is 9.18 Å². The number of rotatable bonds is 5. The number of piperazine rings is 1. The van der Waals surface area contributed by atoms with Gasteiger partial charge in [-0.1, -0.05) is 24.3 Å². The fraction of sp³-hybridized carbons (Fsp3) is 0.350.